The first kappa shape index (κ1) is 14.2. The highest BCUT2D eigenvalue weighted by atomic mass is 19.4. The SMILES string of the molecule is NCCOC1CCC1.O=C(O)C(F)(F)F. The van der Waals surface area contributed by atoms with E-state index in [9.17, 15) is 13.2 Å². The Labute approximate surface area is 85.2 Å². The van der Waals surface area contributed by atoms with Crippen molar-refractivity contribution in [2.24, 2.45) is 5.73 Å². The van der Waals surface area contributed by atoms with E-state index < -0.39 is 12.1 Å². The molecule has 1 aliphatic carbocycles. The predicted molar refractivity (Wildman–Crippen MR) is 46.3 cm³/mol. The van der Waals surface area contributed by atoms with Crippen LogP contribution < -0.4 is 5.73 Å². The van der Waals surface area contributed by atoms with Gasteiger partial charge in [-0.3, -0.25) is 0 Å². The van der Waals surface area contributed by atoms with Gasteiger partial charge in [0.25, 0.3) is 0 Å². The Morgan fingerprint density at radius 2 is 1.93 bits per heavy atom. The Kier molecular flexibility index (Phi) is 6.26. The summed E-state index contributed by atoms with van der Waals surface area (Å²) in [6.45, 7) is 1.40. The lowest BCUT2D eigenvalue weighted by Crippen LogP contribution is -2.24. The van der Waals surface area contributed by atoms with Gasteiger partial charge in [0.15, 0.2) is 0 Å². The maximum atomic E-state index is 10.6. The molecule has 0 unspecified atom stereocenters. The van der Waals surface area contributed by atoms with Gasteiger partial charge in [-0.1, -0.05) is 0 Å². The number of rotatable bonds is 3. The molecule has 3 N–H and O–H groups in total. The highest BCUT2D eigenvalue weighted by molar-refractivity contribution is 5.73. The fraction of sp³-hybridized carbons (Fsp3) is 0.875. The van der Waals surface area contributed by atoms with Crippen molar-refractivity contribution < 1.29 is 27.8 Å². The van der Waals surface area contributed by atoms with Crippen molar-refractivity contribution in [2.75, 3.05) is 13.2 Å². The van der Waals surface area contributed by atoms with Crippen LogP contribution in [0.2, 0.25) is 0 Å². The summed E-state index contributed by atoms with van der Waals surface area (Å²) in [7, 11) is 0. The van der Waals surface area contributed by atoms with Crippen LogP contribution in [0.15, 0.2) is 0 Å². The topological polar surface area (TPSA) is 72.5 Å². The summed E-state index contributed by atoms with van der Waals surface area (Å²) in [4.78, 5) is 8.90. The van der Waals surface area contributed by atoms with Gasteiger partial charge < -0.3 is 15.6 Å². The van der Waals surface area contributed by atoms with Crippen molar-refractivity contribution in [3.05, 3.63) is 0 Å². The van der Waals surface area contributed by atoms with Crippen LogP contribution in [-0.2, 0) is 9.53 Å². The largest absolute Gasteiger partial charge is 0.490 e. The summed E-state index contributed by atoms with van der Waals surface area (Å²) in [5.41, 5.74) is 5.23. The van der Waals surface area contributed by atoms with E-state index in [2.05, 4.69) is 0 Å². The van der Waals surface area contributed by atoms with Gasteiger partial charge in [-0.15, -0.1) is 0 Å². The molecule has 1 saturated carbocycles. The molecular weight excluding hydrogens is 215 g/mol. The van der Waals surface area contributed by atoms with Crippen LogP contribution in [0.4, 0.5) is 13.2 Å². The van der Waals surface area contributed by atoms with E-state index in [-0.39, 0.29) is 0 Å². The zero-order valence-corrected chi connectivity index (χ0v) is 8.09. The number of hydrogen-bond donors (Lipinski definition) is 2. The summed E-state index contributed by atoms with van der Waals surface area (Å²) >= 11 is 0. The Morgan fingerprint density at radius 3 is 2.13 bits per heavy atom. The molecule has 0 saturated heterocycles. The van der Waals surface area contributed by atoms with Crippen molar-refractivity contribution in [3.63, 3.8) is 0 Å². The molecule has 0 spiro atoms. The molecule has 0 aliphatic heterocycles. The Bertz CT molecular complexity index is 192. The molecule has 90 valence electrons. The molecule has 7 heteroatoms. The van der Waals surface area contributed by atoms with Gasteiger partial charge >= 0.3 is 12.1 Å². The first-order valence-corrected chi connectivity index (χ1v) is 4.49. The minimum absolute atomic E-state index is 0.554. The Morgan fingerprint density at radius 1 is 1.47 bits per heavy atom. The fourth-order valence-corrected chi connectivity index (χ4v) is 0.772. The highest BCUT2D eigenvalue weighted by Gasteiger charge is 2.38. The van der Waals surface area contributed by atoms with Crippen LogP contribution in [0, 0.1) is 0 Å². The van der Waals surface area contributed by atoms with Gasteiger partial charge in [0.05, 0.1) is 12.7 Å². The van der Waals surface area contributed by atoms with E-state index in [0.29, 0.717) is 12.6 Å². The molecule has 4 nitrogen and oxygen atoms in total. The second kappa shape index (κ2) is 6.62. The van der Waals surface area contributed by atoms with Crippen molar-refractivity contribution >= 4 is 5.97 Å². The molecule has 1 aliphatic rings. The van der Waals surface area contributed by atoms with Gasteiger partial charge in [0.1, 0.15) is 0 Å². The van der Waals surface area contributed by atoms with E-state index in [1.165, 1.54) is 19.3 Å². The summed E-state index contributed by atoms with van der Waals surface area (Å²) in [6.07, 6.45) is -0.687. The molecule has 0 aromatic carbocycles. The third-order valence-corrected chi connectivity index (χ3v) is 1.77. The summed E-state index contributed by atoms with van der Waals surface area (Å²) < 4.78 is 37.0. The molecule has 0 aromatic rings. The van der Waals surface area contributed by atoms with Crippen molar-refractivity contribution in [1.29, 1.82) is 0 Å². The number of alkyl halides is 3. The standard InChI is InChI=1S/C6H13NO.C2HF3O2/c7-4-5-8-6-2-1-3-6;3-2(4,5)1(6)7/h6H,1-5,7H2;(H,6,7). The molecular formula is C8H14F3NO3. The average molecular weight is 229 g/mol. The average Bonchev–Trinajstić information content (AvgIpc) is 2.01. The van der Waals surface area contributed by atoms with Crippen LogP contribution >= 0.6 is 0 Å². The lowest BCUT2D eigenvalue weighted by molar-refractivity contribution is -0.192. The monoisotopic (exact) mass is 229 g/mol. The van der Waals surface area contributed by atoms with Crippen LogP contribution in [0.1, 0.15) is 19.3 Å². The number of halogens is 3. The summed E-state index contributed by atoms with van der Waals surface area (Å²) in [5, 5.41) is 7.12. The zero-order valence-electron chi connectivity index (χ0n) is 8.09. The van der Waals surface area contributed by atoms with E-state index in [0.717, 1.165) is 6.61 Å². The number of carboxylic acids is 1. The van der Waals surface area contributed by atoms with Gasteiger partial charge in [0, 0.05) is 6.54 Å². The van der Waals surface area contributed by atoms with Crippen LogP contribution in [0.5, 0.6) is 0 Å². The quantitative estimate of drug-likeness (QED) is 0.761. The van der Waals surface area contributed by atoms with E-state index in [4.69, 9.17) is 20.4 Å². The molecule has 0 bridgehead atoms. The Balaban J connectivity index is 0.000000265. The van der Waals surface area contributed by atoms with E-state index in [1.54, 1.807) is 0 Å². The van der Waals surface area contributed by atoms with Crippen LogP contribution in [0.3, 0.4) is 0 Å². The number of ether oxygens (including phenoxy) is 1. The van der Waals surface area contributed by atoms with E-state index >= 15 is 0 Å². The number of carbonyl (C=O) groups is 1. The minimum atomic E-state index is -5.08. The zero-order chi connectivity index (χ0) is 11.9. The van der Waals surface area contributed by atoms with Crippen LogP contribution in [0.25, 0.3) is 0 Å². The number of carboxylic acid groups (broad SMARTS) is 1. The molecule has 15 heavy (non-hydrogen) atoms. The molecule has 0 radical (unpaired) electrons. The van der Waals surface area contributed by atoms with Crippen molar-refractivity contribution in [2.45, 2.75) is 31.5 Å². The molecule has 0 atom stereocenters. The van der Waals surface area contributed by atoms with Crippen LogP contribution in [-0.4, -0.2) is 36.5 Å². The second-order valence-electron chi connectivity index (χ2n) is 3.02. The molecule has 0 amide bonds. The van der Waals surface area contributed by atoms with Crippen molar-refractivity contribution in [1.82, 2.24) is 0 Å². The first-order valence-electron chi connectivity index (χ1n) is 4.49. The number of aliphatic carboxylic acids is 1. The predicted octanol–water partition coefficient (Wildman–Crippen LogP) is 1.15. The summed E-state index contributed by atoms with van der Waals surface area (Å²) in [5.74, 6) is -2.76. The fourth-order valence-electron chi connectivity index (χ4n) is 0.772. The smallest absolute Gasteiger partial charge is 0.475 e. The third kappa shape index (κ3) is 7.15. The Hall–Kier alpha value is -0.820. The minimum Gasteiger partial charge on any atom is -0.475 e. The number of nitrogens with two attached hydrogens (primary N) is 1. The second-order valence-corrected chi connectivity index (χ2v) is 3.02. The van der Waals surface area contributed by atoms with Gasteiger partial charge in [-0.05, 0) is 19.3 Å². The van der Waals surface area contributed by atoms with Gasteiger partial charge in [-0.25, -0.2) is 4.79 Å². The summed E-state index contributed by atoms with van der Waals surface area (Å²) in [6, 6.07) is 0. The number of hydrogen-bond acceptors (Lipinski definition) is 3. The third-order valence-electron chi connectivity index (χ3n) is 1.77. The van der Waals surface area contributed by atoms with Crippen molar-refractivity contribution in [3.8, 4) is 0 Å². The highest BCUT2D eigenvalue weighted by Crippen LogP contribution is 2.21. The van der Waals surface area contributed by atoms with Gasteiger partial charge in [0.2, 0.25) is 0 Å². The molecule has 0 heterocycles. The van der Waals surface area contributed by atoms with E-state index in [1.807, 2.05) is 0 Å². The lowest BCUT2D eigenvalue weighted by atomic mass is 9.96. The maximum Gasteiger partial charge on any atom is 0.490 e. The molecule has 1 fully saturated rings. The molecule has 1 rings (SSSR count). The lowest BCUT2D eigenvalue weighted by Gasteiger charge is -2.24. The maximum absolute atomic E-state index is 10.6. The first-order chi connectivity index (χ1) is 6.88. The van der Waals surface area contributed by atoms with Gasteiger partial charge in [-0.2, -0.15) is 13.2 Å². The normalized spacial score (nSPS) is 16.3. The molecule has 0 aromatic heterocycles.